The van der Waals surface area contributed by atoms with Crippen molar-refractivity contribution >= 4 is 6.03 Å². The maximum absolute atomic E-state index is 12.2. The molecule has 1 aliphatic rings. The van der Waals surface area contributed by atoms with E-state index in [2.05, 4.69) is 15.3 Å². The summed E-state index contributed by atoms with van der Waals surface area (Å²) < 4.78 is 5.87. The molecule has 21 heavy (non-hydrogen) atoms. The molecule has 2 amide bonds. The third kappa shape index (κ3) is 4.88. The van der Waals surface area contributed by atoms with Crippen LogP contribution in [0.25, 0.3) is 0 Å². The number of nitrogens with one attached hydrogen (secondary N) is 1. The third-order valence-corrected chi connectivity index (χ3v) is 3.19. The maximum Gasteiger partial charge on any atom is 0.317 e. The highest BCUT2D eigenvalue weighted by atomic mass is 16.5. The molecule has 6 nitrogen and oxygen atoms in total. The summed E-state index contributed by atoms with van der Waals surface area (Å²) in [6.07, 6.45) is 3.54. The van der Waals surface area contributed by atoms with E-state index < -0.39 is 0 Å². The lowest BCUT2D eigenvalue weighted by Gasteiger charge is -2.34. The highest BCUT2D eigenvalue weighted by Crippen LogP contribution is 2.17. The Morgan fingerprint density at radius 3 is 2.90 bits per heavy atom. The molecule has 1 atom stereocenters. The van der Waals surface area contributed by atoms with Gasteiger partial charge in [0.05, 0.1) is 6.54 Å². The molecule has 1 unspecified atom stereocenters. The van der Waals surface area contributed by atoms with E-state index in [1.54, 1.807) is 12.3 Å². The van der Waals surface area contributed by atoms with Gasteiger partial charge in [0, 0.05) is 24.3 Å². The van der Waals surface area contributed by atoms with Gasteiger partial charge >= 0.3 is 6.03 Å². The normalized spacial score (nSPS) is 19.2. The summed E-state index contributed by atoms with van der Waals surface area (Å²) in [4.78, 5) is 22.3. The molecule has 2 rings (SSSR count). The molecule has 1 aromatic rings. The number of carbonyl (C=O) groups is 1. The first-order valence-electron chi connectivity index (χ1n) is 7.37. The molecule has 1 fully saturated rings. The molecule has 6 heteroatoms. The number of nitrogens with zero attached hydrogens (tertiary/aromatic N) is 3. The van der Waals surface area contributed by atoms with E-state index >= 15 is 0 Å². The van der Waals surface area contributed by atoms with E-state index in [1.807, 2.05) is 32.6 Å². The van der Waals surface area contributed by atoms with E-state index in [-0.39, 0.29) is 17.7 Å². The minimum absolute atomic E-state index is 0.0150. The van der Waals surface area contributed by atoms with Gasteiger partial charge < -0.3 is 15.0 Å². The van der Waals surface area contributed by atoms with Crippen molar-refractivity contribution < 1.29 is 9.53 Å². The summed E-state index contributed by atoms with van der Waals surface area (Å²) in [5, 5.41) is 2.99. The first-order valence-corrected chi connectivity index (χ1v) is 7.37. The van der Waals surface area contributed by atoms with E-state index in [0.29, 0.717) is 18.2 Å². The van der Waals surface area contributed by atoms with Crippen LogP contribution in [0.1, 0.15) is 39.4 Å². The summed E-state index contributed by atoms with van der Waals surface area (Å²) >= 11 is 0. The minimum atomic E-state index is -0.228. The molecule has 0 spiro atoms. The van der Waals surface area contributed by atoms with Crippen LogP contribution in [0.5, 0.6) is 5.88 Å². The lowest BCUT2D eigenvalue weighted by molar-refractivity contribution is 0.0951. The number of carbonyl (C=O) groups excluding carboxylic acids is 1. The summed E-state index contributed by atoms with van der Waals surface area (Å²) in [6.45, 7) is 9.12. The number of hydrogen-bond donors (Lipinski definition) is 1. The Balaban J connectivity index is 1.93. The van der Waals surface area contributed by atoms with Gasteiger partial charge in [0.1, 0.15) is 11.9 Å². The van der Waals surface area contributed by atoms with Crippen LogP contribution in [0.3, 0.4) is 0 Å². The largest absolute Gasteiger partial charge is 0.472 e. The number of rotatable bonds is 2. The Hall–Kier alpha value is -1.85. The van der Waals surface area contributed by atoms with Gasteiger partial charge in [-0.15, -0.1) is 0 Å². The number of aryl methyl sites for hydroxylation is 1. The molecule has 0 saturated carbocycles. The van der Waals surface area contributed by atoms with Crippen molar-refractivity contribution in [1.82, 2.24) is 20.2 Å². The molecule has 1 aromatic heterocycles. The predicted octanol–water partition coefficient (Wildman–Crippen LogP) is 2.14. The van der Waals surface area contributed by atoms with Crippen molar-refractivity contribution in [3.8, 4) is 5.88 Å². The van der Waals surface area contributed by atoms with Crippen molar-refractivity contribution in [2.75, 3.05) is 13.1 Å². The number of aromatic nitrogens is 2. The molecule has 0 aromatic carbocycles. The fourth-order valence-corrected chi connectivity index (χ4v) is 2.29. The zero-order valence-electron chi connectivity index (χ0n) is 13.2. The summed E-state index contributed by atoms with van der Waals surface area (Å²) in [7, 11) is 0. The first kappa shape index (κ1) is 15.5. The number of hydrogen-bond acceptors (Lipinski definition) is 4. The average Bonchev–Trinajstić information content (AvgIpc) is 2.37. The fraction of sp³-hybridized carbons (Fsp3) is 0.667. The zero-order chi connectivity index (χ0) is 15.5. The van der Waals surface area contributed by atoms with Crippen molar-refractivity contribution in [1.29, 1.82) is 0 Å². The summed E-state index contributed by atoms with van der Waals surface area (Å²) in [5.41, 5.74) is -0.228. The molecule has 0 aliphatic carbocycles. The van der Waals surface area contributed by atoms with Gasteiger partial charge in [0.15, 0.2) is 0 Å². The van der Waals surface area contributed by atoms with Crippen molar-refractivity contribution in [3.05, 3.63) is 18.1 Å². The van der Waals surface area contributed by atoms with Crippen molar-refractivity contribution in [2.45, 2.75) is 52.2 Å². The lowest BCUT2D eigenvalue weighted by Crippen LogP contribution is -2.53. The summed E-state index contributed by atoms with van der Waals surface area (Å²) in [6, 6.07) is 1.72. The molecule has 116 valence electrons. The summed E-state index contributed by atoms with van der Waals surface area (Å²) in [5.74, 6) is 1.26. The van der Waals surface area contributed by atoms with Crippen LogP contribution in [0.15, 0.2) is 12.3 Å². The average molecular weight is 292 g/mol. The van der Waals surface area contributed by atoms with Gasteiger partial charge in [-0.2, -0.15) is 4.98 Å². The van der Waals surface area contributed by atoms with Crippen molar-refractivity contribution in [3.63, 3.8) is 0 Å². The van der Waals surface area contributed by atoms with E-state index in [0.717, 1.165) is 19.4 Å². The Kier molecular flexibility index (Phi) is 4.65. The Morgan fingerprint density at radius 2 is 2.24 bits per heavy atom. The SMILES string of the molecule is Cc1nccc(OC2CCCN(C(=O)NC(C)(C)C)C2)n1. The number of likely N-dealkylation sites (tertiary alicyclic amines) is 1. The van der Waals surface area contributed by atoms with Gasteiger partial charge in [-0.3, -0.25) is 0 Å². The number of amides is 2. The zero-order valence-corrected chi connectivity index (χ0v) is 13.2. The lowest BCUT2D eigenvalue weighted by atomic mass is 10.1. The molecule has 1 N–H and O–H groups in total. The standard InChI is InChI=1S/C15H24N4O2/c1-11-16-8-7-13(17-11)21-12-6-5-9-19(10-12)14(20)18-15(2,3)4/h7-8,12H,5-6,9-10H2,1-4H3,(H,18,20). The predicted molar refractivity (Wildman–Crippen MR) is 80.3 cm³/mol. The monoisotopic (exact) mass is 292 g/mol. The van der Waals surface area contributed by atoms with E-state index in [9.17, 15) is 4.79 Å². The number of piperidine rings is 1. The molecule has 1 saturated heterocycles. The van der Waals surface area contributed by atoms with E-state index in [4.69, 9.17) is 4.74 Å². The smallest absolute Gasteiger partial charge is 0.317 e. The van der Waals surface area contributed by atoms with Crippen LogP contribution >= 0.6 is 0 Å². The number of ether oxygens (including phenoxy) is 1. The fourth-order valence-electron chi connectivity index (χ4n) is 2.29. The Morgan fingerprint density at radius 1 is 1.48 bits per heavy atom. The molecule has 0 bridgehead atoms. The second-order valence-electron chi connectivity index (χ2n) is 6.45. The van der Waals surface area contributed by atoms with Gasteiger partial charge in [0.25, 0.3) is 0 Å². The Labute approximate surface area is 125 Å². The quantitative estimate of drug-likeness (QED) is 0.907. The van der Waals surface area contributed by atoms with Crippen LogP contribution in [-0.2, 0) is 0 Å². The van der Waals surface area contributed by atoms with Crippen LogP contribution in [0, 0.1) is 6.92 Å². The molecular formula is C15H24N4O2. The molecule has 0 radical (unpaired) electrons. The number of urea groups is 1. The van der Waals surface area contributed by atoms with E-state index in [1.165, 1.54) is 0 Å². The minimum Gasteiger partial charge on any atom is -0.472 e. The van der Waals surface area contributed by atoms with Crippen molar-refractivity contribution in [2.24, 2.45) is 0 Å². The first-order chi connectivity index (χ1) is 9.83. The van der Waals surface area contributed by atoms with Crippen LogP contribution in [0.2, 0.25) is 0 Å². The second-order valence-corrected chi connectivity index (χ2v) is 6.45. The molecule has 2 heterocycles. The third-order valence-electron chi connectivity index (χ3n) is 3.19. The van der Waals surface area contributed by atoms with Gasteiger partial charge in [-0.05, 0) is 40.5 Å². The topological polar surface area (TPSA) is 67.3 Å². The van der Waals surface area contributed by atoms with Crippen LogP contribution < -0.4 is 10.1 Å². The maximum atomic E-state index is 12.2. The van der Waals surface area contributed by atoms with Gasteiger partial charge in [0.2, 0.25) is 5.88 Å². The second kappa shape index (κ2) is 6.28. The Bertz CT molecular complexity index is 499. The van der Waals surface area contributed by atoms with Crippen LogP contribution in [0.4, 0.5) is 4.79 Å². The molecule has 1 aliphatic heterocycles. The highest BCUT2D eigenvalue weighted by molar-refractivity contribution is 5.75. The van der Waals surface area contributed by atoms with Crippen LogP contribution in [-0.4, -0.2) is 45.6 Å². The molecular weight excluding hydrogens is 268 g/mol. The van der Waals surface area contributed by atoms with Gasteiger partial charge in [-0.25, -0.2) is 9.78 Å². The highest BCUT2D eigenvalue weighted by Gasteiger charge is 2.27. The van der Waals surface area contributed by atoms with Gasteiger partial charge in [-0.1, -0.05) is 0 Å².